The lowest BCUT2D eigenvalue weighted by atomic mass is 9.99. The monoisotopic (exact) mass is 408 g/mol. The molecule has 3 aromatic rings. The number of benzene rings is 2. The lowest BCUT2D eigenvalue weighted by Crippen LogP contribution is -2.88. The van der Waals surface area contributed by atoms with Gasteiger partial charge in [-0.25, -0.2) is 4.79 Å². The summed E-state index contributed by atoms with van der Waals surface area (Å²) >= 11 is 1.65. The molecule has 29 heavy (non-hydrogen) atoms. The number of nitrogens with one attached hydrogen (secondary N) is 1. The second-order valence-corrected chi connectivity index (χ2v) is 7.90. The number of quaternary nitrogens is 1. The third kappa shape index (κ3) is 5.53. The van der Waals surface area contributed by atoms with Crippen molar-refractivity contribution < 1.29 is 14.9 Å². The Balaban J connectivity index is 1.95. The minimum absolute atomic E-state index is 0.0745. The van der Waals surface area contributed by atoms with Gasteiger partial charge in [0, 0.05) is 11.1 Å². The number of urea groups is 1. The Morgan fingerprint density at radius 3 is 2.31 bits per heavy atom. The number of primary amides is 1. The van der Waals surface area contributed by atoms with Gasteiger partial charge in [-0.05, 0) is 23.4 Å². The number of aryl methyl sites for hydroxylation is 1. The van der Waals surface area contributed by atoms with Gasteiger partial charge in [0.15, 0.2) is 6.04 Å². The first-order valence-electron chi connectivity index (χ1n) is 9.71. The Bertz CT molecular complexity index is 925. The van der Waals surface area contributed by atoms with Crippen LogP contribution in [0.15, 0.2) is 72.1 Å². The van der Waals surface area contributed by atoms with Crippen molar-refractivity contribution in [2.45, 2.75) is 31.8 Å². The molecular formula is C23H26N3O2S+. The molecular weight excluding hydrogens is 382 g/mol. The van der Waals surface area contributed by atoms with Gasteiger partial charge in [0.1, 0.15) is 6.04 Å². The summed E-state index contributed by atoms with van der Waals surface area (Å²) in [6.45, 7) is 2.16. The maximum absolute atomic E-state index is 12.8. The fraction of sp³-hybridized carbons (Fsp3) is 0.217. The van der Waals surface area contributed by atoms with Crippen molar-refractivity contribution in [3.05, 3.63) is 93.7 Å². The lowest BCUT2D eigenvalue weighted by Gasteiger charge is -2.22. The number of amides is 3. The fourth-order valence-electron chi connectivity index (χ4n) is 3.42. The van der Waals surface area contributed by atoms with Crippen LogP contribution in [0.2, 0.25) is 0 Å². The van der Waals surface area contributed by atoms with E-state index >= 15 is 0 Å². The number of thiophene rings is 1. The van der Waals surface area contributed by atoms with Crippen LogP contribution in [0, 0.1) is 0 Å². The summed E-state index contributed by atoms with van der Waals surface area (Å²) in [5.74, 6) is -0.423. The SMILES string of the molecule is CCCc1ccc([C@@H]([NH2+][C@H](C(=O)NC(N)=O)c2ccccc2)c2cccs2)cc1. The number of hydrogen-bond donors (Lipinski definition) is 3. The Hall–Kier alpha value is -2.96. The second kappa shape index (κ2) is 10.0. The zero-order valence-electron chi connectivity index (χ0n) is 16.4. The van der Waals surface area contributed by atoms with Crippen LogP contribution in [0.25, 0.3) is 0 Å². The highest BCUT2D eigenvalue weighted by atomic mass is 32.1. The molecule has 2 atom stereocenters. The molecule has 0 aliphatic rings. The summed E-state index contributed by atoms with van der Waals surface area (Å²) in [6.07, 6.45) is 2.14. The van der Waals surface area contributed by atoms with Crippen molar-refractivity contribution in [1.29, 1.82) is 0 Å². The van der Waals surface area contributed by atoms with E-state index in [9.17, 15) is 9.59 Å². The van der Waals surface area contributed by atoms with Gasteiger partial charge in [-0.1, -0.05) is 74.0 Å². The Morgan fingerprint density at radius 1 is 1.00 bits per heavy atom. The van der Waals surface area contributed by atoms with Gasteiger partial charge >= 0.3 is 6.03 Å². The Morgan fingerprint density at radius 2 is 1.72 bits per heavy atom. The summed E-state index contributed by atoms with van der Waals surface area (Å²) < 4.78 is 0. The highest BCUT2D eigenvalue weighted by Crippen LogP contribution is 2.25. The van der Waals surface area contributed by atoms with Crippen LogP contribution in [-0.2, 0) is 11.2 Å². The summed E-state index contributed by atoms with van der Waals surface area (Å²) in [7, 11) is 0. The van der Waals surface area contributed by atoms with Crippen molar-refractivity contribution in [2.24, 2.45) is 5.73 Å². The molecule has 6 heteroatoms. The third-order valence-corrected chi connectivity index (χ3v) is 5.76. The van der Waals surface area contributed by atoms with Crippen LogP contribution in [0.4, 0.5) is 4.79 Å². The van der Waals surface area contributed by atoms with E-state index < -0.39 is 18.0 Å². The first kappa shape index (κ1) is 20.8. The summed E-state index contributed by atoms with van der Waals surface area (Å²) in [4.78, 5) is 25.2. The molecule has 150 valence electrons. The van der Waals surface area contributed by atoms with E-state index in [4.69, 9.17) is 5.73 Å². The molecule has 0 saturated carbocycles. The second-order valence-electron chi connectivity index (χ2n) is 6.92. The molecule has 1 aromatic heterocycles. The number of carbonyl (C=O) groups is 2. The number of carbonyl (C=O) groups excluding carboxylic acids is 2. The van der Waals surface area contributed by atoms with E-state index in [0.717, 1.165) is 28.8 Å². The van der Waals surface area contributed by atoms with E-state index in [2.05, 4.69) is 42.6 Å². The smallest absolute Gasteiger partial charge is 0.319 e. The quantitative estimate of drug-likeness (QED) is 0.534. The molecule has 0 aliphatic carbocycles. The van der Waals surface area contributed by atoms with Gasteiger partial charge in [0.2, 0.25) is 0 Å². The number of nitrogens with two attached hydrogens (primary N) is 2. The fourth-order valence-corrected chi connectivity index (χ4v) is 4.25. The normalized spacial score (nSPS) is 12.9. The van der Waals surface area contributed by atoms with Crippen molar-refractivity contribution in [2.75, 3.05) is 0 Å². The van der Waals surface area contributed by atoms with Gasteiger partial charge in [-0.3, -0.25) is 10.1 Å². The molecule has 3 rings (SSSR count). The van der Waals surface area contributed by atoms with Crippen molar-refractivity contribution >= 4 is 23.3 Å². The average molecular weight is 409 g/mol. The Labute approximate surface area is 175 Å². The van der Waals surface area contributed by atoms with Gasteiger partial charge < -0.3 is 11.1 Å². The maximum atomic E-state index is 12.8. The van der Waals surface area contributed by atoms with Crippen molar-refractivity contribution in [1.82, 2.24) is 5.32 Å². The topological polar surface area (TPSA) is 88.8 Å². The molecule has 2 aromatic carbocycles. The summed E-state index contributed by atoms with van der Waals surface area (Å²) in [6, 6.07) is 20.5. The minimum atomic E-state index is -0.846. The van der Waals surface area contributed by atoms with Gasteiger partial charge in [-0.2, -0.15) is 0 Å². The molecule has 0 spiro atoms. The summed E-state index contributed by atoms with van der Waals surface area (Å²) in [5.41, 5.74) is 8.43. The van der Waals surface area contributed by atoms with Gasteiger partial charge in [0.05, 0.1) is 4.88 Å². The van der Waals surface area contributed by atoms with E-state index in [-0.39, 0.29) is 6.04 Å². The van der Waals surface area contributed by atoms with Crippen LogP contribution >= 0.6 is 11.3 Å². The molecule has 0 aliphatic heterocycles. The van der Waals surface area contributed by atoms with E-state index in [1.54, 1.807) is 11.3 Å². The molecule has 0 saturated heterocycles. The van der Waals surface area contributed by atoms with Crippen molar-refractivity contribution in [3.63, 3.8) is 0 Å². The largest absolute Gasteiger partial charge is 0.351 e. The zero-order chi connectivity index (χ0) is 20.6. The highest BCUT2D eigenvalue weighted by molar-refractivity contribution is 7.10. The minimum Gasteiger partial charge on any atom is -0.351 e. The van der Waals surface area contributed by atoms with Crippen LogP contribution < -0.4 is 16.4 Å². The molecule has 5 nitrogen and oxygen atoms in total. The van der Waals surface area contributed by atoms with Crippen molar-refractivity contribution in [3.8, 4) is 0 Å². The van der Waals surface area contributed by atoms with E-state index in [1.165, 1.54) is 5.56 Å². The number of imide groups is 1. The highest BCUT2D eigenvalue weighted by Gasteiger charge is 2.31. The molecule has 3 amide bonds. The predicted molar refractivity (Wildman–Crippen MR) is 115 cm³/mol. The van der Waals surface area contributed by atoms with E-state index in [0.29, 0.717) is 0 Å². The molecule has 1 heterocycles. The first-order valence-corrected chi connectivity index (χ1v) is 10.6. The Kier molecular flexibility index (Phi) is 7.16. The van der Waals surface area contributed by atoms with E-state index in [1.807, 2.05) is 47.1 Å². The third-order valence-electron chi connectivity index (χ3n) is 4.80. The lowest BCUT2D eigenvalue weighted by molar-refractivity contribution is -0.713. The molecule has 5 N–H and O–H groups in total. The zero-order valence-corrected chi connectivity index (χ0v) is 17.2. The van der Waals surface area contributed by atoms with Crippen LogP contribution in [0.5, 0.6) is 0 Å². The molecule has 0 bridgehead atoms. The number of rotatable bonds is 8. The standard InChI is InChI=1S/C23H25N3O2S/c1-2-7-16-11-13-18(14-12-16)20(19-10-6-15-29-19)25-21(22(27)26-23(24)28)17-8-4-3-5-9-17/h3-6,8-15,20-21,25H,2,7H2,1H3,(H3,24,26,27,28)/p+1/t20-,21+/m1/s1. The van der Waals surface area contributed by atoms with Crippen LogP contribution in [0.1, 0.15) is 47.0 Å². The summed E-state index contributed by atoms with van der Waals surface area (Å²) in [5, 5.41) is 6.27. The predicted octanol–water partition coefficient (Wildman–Crippen LogP) is 3.29. The van der Waals surface area contributed by atoms with Crippen LogP contribution in [0.3, 0.4) is 0 Å². The van der Waals surface area contributed by atoms with Gasteiger partial charge in [-0.15, -0.1) is 11.3 Å². The molecule has 0 radical (unpaired) electrons. The average Bonchev–Trinajstić information content (AvgIpc) is 3.24. The van der Waals surface area contributed by atoms with Crippen LogP contribution in [-0.4, -0.2) is 11.9 Å². The maximum Gasteiger partial charge on any atom is 0.319 e. The molecule has 0 unspecified atom stereocenters. The van der Waals surface area contributed by atoms with Gasteiger partial charge in [0.25, 0.3) is 5.91 Å². The first-order chi connectivity index (χ1) is 14.1. The molecule has 0 fully saturated rings. The number of hydrogen-bond acceptors (Lipinski definition) is 3.